The van der Waals surface area contributed by atoms with Crippen LogP contribution >= 0.6 is 11.8 Å². The van der Waals surface area contributed by atoms with Crippen LogP contribution in [0, 0.1) is 23.4 Å². The van der Waals surface area contributed by atoms with Gasteiger partial charge in [0.2, 0.25) is 88.6 Å². The molecule has 136 heavy (non-hydrogen) atoms. The number of aliphatic carboxylic acids is 2. The fraction of sp³-hybridized carbons (Fsp3) is 0.473. The molecule has 1 unspecified atom stereocenters. The standard InChI is InChI=1S/C93H118F3N17O22S/c1-7-8-26-70-92(134)113-47-58(116)42-73(113)88(130)106-67(43-78(121)122)85(127)108-80(50(2)3)93(135)110(5)71(38-51-19-11-9-12-20-51)86(128)103-64(31-32-77(119)120)90(132)112-46-57(115)41-72(112)87(129)105-66(40-55-44-99-62-24-16-15-23-59(55)62)84(126)104-65(36-53-27-29-56(114)30-28-53)83(125)102-63(25-17-18-33-97)82(124)107-69(81(123)100-45-75(98)117)48-136-49-76(118)101-68(37-54-34-60(94)79(96)61(95)35-54)89(131)111(6)74(91(133)109(70)4)39-52-21-13-10-14-22-52/h9-16,19-24,27-30,34-35,44,50,57-58,63-74,80,99,114-116H,7-8,17-18,25-26,31-33,36-43,45-49,97H2,1-6H3,(H2,98,117)(H,100,123)(H,101,118)(H,102,125)(H,103,128)(H,104,126)(H,105,129)(H,106,130)(H,107,124)(H,108,127)(H,119,120)(H,121,122)/t57-,58-,63+,64+,65+,66+,67+,68+,69+,70+,71?,72+,73-,74+,80+/m1/s1. The third-order valence-electron chi connectivity index (χ3n) is 24.0. The molecule has 1 aromatic heterocycles. The van der Waals surface area contributed by atoms with Crippen LogP contribution < -0.4 is 59.3 Å². The van der Waals surface area contributed by atoms with E-state index in [-0.39, 0.29) is 63.7 Å². The minimum atomic E-state index is -2.08. The number of aromatic amines is 1. The van der Waals surface area contributed by atoms with Crippen LogP contribution in [0.1, 0.15) is 119 Å². The van der Waals surface area contributed by atoms with Crippen molar-refractivity contribution < 1.29 is 120 Å². The van der Waals surface area contributed by atoms with Gasteiger partial charge in [-0.25, -0.2) is 13.2 Å². The Bertz CT molecular complexity index is 5280. The van der Waals surface area contributed by atoms with E-state index in [4.69, 9.17) is 11.5 Å². The molecule has 39 nitrogen and oxygen atoms in total. The number of carbonyl (C=O) groups excluding carboxylic acids is 15. The van der Waals surface area contributed by atoms with E-state index in [1.807, 2.05) is 0 Å². The number of fused-ring (bicyclic) bond motifs is 3. The number of nitrogens with two attached hydrogens (primary N) is 2. The lowest BCUT2D eigenvalue weighted by Gasteiger charge is -2.38. The normalized spacial score (nSPS) is 24.4. The predicted octanol–water partition coefficient (Wildman–Crippen LogP) is -0.250. The number of thioether (sulfide) groups is 1. The topological polar surface area (TPSA) is 584 Å². The summed E-state index contributed by atoms with van der Waals surface area (Å²) in [4.78, 5) is 258. The quantitative estimate of drug-likeness (QED) is 0.0246. The summed E-state index contributed by atoms with van der Waals surface area (Å²) >= 11 is 0.631. The maximum absolute atomic E-state index is 15.7. The highest BCUT2D eigenvalue weighted by Crippen LogP contribution is 2.29. The number of aliphatic hydroxyl groups excluding tert-OH is 2. The molecule has 43 heteroatoms. The molecule has 19 N–H and O–H groups in total. The number of nitrogens with zero attached hydrogens (tertiary/aromatic N) is 5. The molecule has 0 saturated carbocycles. The Labute approximate surface area is 786 Å². The van der Waals surface area contributed by atoms with Crippen molar-refractivity contribution in [3.63, 3.8) is 0 Å². The molecule has 0 spiro atoms. The summed E-state index contributed by atoms with van der Waals surface area (Å²) in [5.74, 6) is -27.2. The van der Waals surface area contributed by atoms with Gasteiger partial charge in [0.15, 0.2) is 17.5 Å². The summed E-state index contributed by atoms with van der Waals surface area (Å²) in [5, 5.41) is 77.3. The van der Waals surface area contributed by atoms with Crippen molar-refractivity contribution in [1.82, 2.24) is 77.3 Å². The van der Waals surface area contributed by atoms with Gasteiger partial charge < -0.3 is 114 Å². The Balaban J connectivity index is 1.15. The van der Waals surface area contributed by atoms with Gasteiger partial charge in [0, 0.05) is 108 Å². The first-order valence-corrected chi connectivity index (χ1v) is 45.8. The smallest absolute Gasteiger partial charge is 0.305 e. The van der Waals surface area contributed by atoms with Crippen molar-refractivity contribution in [3.8, 4) is 5.75 Å². The number of halogens is 3. The van der Waals surface area contributed by atoms with Crippen LogP contribution in [-0.2, 0) is 114 Å². The number of H-pyrrole nitrogens is 1. The van der Waals surface area contributed by atoms with Gasteiger partial charge in [0.05, 0.1) is 30.9 Å². The third-order valence-corrected chi connectivity index (χ3v) is 25.0. The van der Waals surface area contributed by atoms with E-state index in [0.29, 0.717) is 63.5 Å². The lowest BCUT2D eigenvalue weighted by Crippen LogP contribution is -2.62. The Kier molecular flexibility index (Phi) is 39.1. The number of aliphatic hydroxyl groups is 2. The molecule has 3 aliphatic rings. The molecule has 3 aliphatic heterocycles. The monoisotopic (exact) mass is 1910 g/mol. The van der Waals surface area contributed by atoms with Gasteiger partial charge in [-0.2, -0.15) is 0 Å². The van der Waals surface area contributed by atoms with Crippen LogP contribution in [0.4, 0.5) is 13.2 Å². The lowest BCUT2D eigenvalue weighted by atomic mass is 9.98. The number of benzene rings is 5. The van der Waals surface area contributed by atoms with Gasteiger partial charge in [0.1, 0.15) is 84.3 Å². The highest BCUT2D eigenvalue weighted by Gasteiger charge is 2.48. The van der Waals surface area contributed by atoms with Crippen molar-refractivity contribution >= 4 is 123 Å². The van der Waals surface area contributed by atoms with Crippen molar-refractivity contribution in [1.29, 1.82) is 0 Å². The fourth-order valence-electron chi connectivity index (χ4n) is 16.5. The van der Waals surface area contributed by atoms with Crippen LogP contribution in [0.25, 0.3) is 10.9 Å². The van der Waals surface area contributed by atoms with Gasteiger partial charge in [0.25, 0.3) is 0 Å². The minimum absolute atomic E-state index is 0.0681. The number of carboxylic acids is 2. The van der Waals surface area contributed by atoms with Crippen LogP contribution in [0.5, 0.6) is 5.75 Å². The number of carboxylic acid groups (broad SMARTS) is 2. The number of para-hydroxylation sites is 1. The number of phenols is 1. The third kappa shape index (κ3) is 29.5. The van der Waals surface area contributed by atoms with Gasteiger partial charge in [-0.3, -0.25) is 81.5 Å². The van der Waals surface area contributed by atoms with E-state index in [0.717, 1.165) is 31.5 Å². The minimum Gasteiger partial charge on any atom is -0.508 e. The molecule has 3 fully saturated rings. The number of amides is 15. The van der Waals surface area contributed by atoms with Crippen LogP contribution in [-0.4, -0.2) is 305 Å². The fourth-order valence-corrected chi connectivity index (χ4v) is 17.4. The average molecular weight is 1920 g/mol. The molecule has 0 radical (unpaired) electrons. The first kappa shape index (κ1) is 106. The molecule has 9 rings (SSSR count). The summed E-state index contributed by atoms with van der Waals surface area (Å²) in [6.45, 7) is 2.76. The molecule has 0 aliphatic carbocycles. The SMILES string of the molecule is CCCC[C@H]1C(=O)N2C[C@H](O)C[C@@H]2C(=O)N[C@@H](CC(=O)O)C(=O)N[C@@H](C(C)C)C(=O)N(C)C(Cc2ccccc2)C(=O)N[C@@H](CCC(=O)O)C(=O)N2C[C@H](O)C[C@H]2C(=O)N[C@@H](Cc2c[nH]c3ccccc23)C(=O)N[C@@H](Cc2ccc(O)cc2)C(=O)N[C@@H](CCCCN)C(=O)N[C@H](C(=O)NCC(N)=O)CSCC(=O)N[C@@H](Cc2cc(F)c(F)c(F)c2)C(=O)N(C)[C@@H](Cc2ccccc2)C(=O)N1C. The van der Waals surface area contributed by atoms with Gasteiger partial charge in [-0.15, -0.1) is 11.8 Å². The molecule has 0 bridgehead atoms. The zero-order valence-electron chi connectivity index (χ0n) is 76.0. The van der Waals surface area contributed by atoms with Gasteiger partial charge in [-0.1, -0.05) is 125 Å². The maximum atomic E-state index is 15.7. The summed E-state index contributed by atoms with van der Waals surface area (Å²) < 4.78 is 45.1. The number of rotatable bonds is 26. The number of unbranched alkanes of at least 4 members (excludes halogenated alkanes) is 2. The molecular formula is C93H118F3N17O22S. The number of primary amides is 1. The highest BCUT2D eigenvalue weighted by atomic mass is 32.2. The Hall–Kier alpha value is -13.6. The van der Waals surface area contributed by atoms with Crippen molar-refractivity contribution in [2.24, 2.45) is 17.4 Å². The van der Waals surface area contributed by atoms with Crippen LogP contribution in [0.15, 0.2) is 128 Å². The molecule has 734 valence electrons. The first-order chi connectivity index (χ1) is 64.6. The molecule has 3 saturated heterocycles. The summed E-state index contributed by atoms with van der Waals surface area (Å²) in [5.41, 5.74) is 13.1. The van der Waals surface area contributed by atoms with E-state index in [1.165, 1.54) is 52.2 Å². The largest absolute Gasteiger partial charge is 0.508 e. The molecule has 5 aromatic carbocycles. The van der Waals surface area contributed by atoms with Crippen LogP contribution in [0.3, 0.4) is 0 Å². The highest BCUT2D eigenvalue weighted by molar-refractivity contribution is 8.00. The van der Waals surface area contributed by atoms with E-state index in [9.17, 15) is 63.5 Å². The number of carbonyl (C=O) groups is 17. The van der Waals surface area contributed by atoms with Crippen molar-refractivity contribution in [2.75, 3.05) is 58.8 Å². The summed E-state index contributed by atoms with van der Waals surface area (Å²) in [6, 6.07) is 6.59. The maximum Gasteiger partial charge on any atom is 0.305 e. The average Bonchev–Trinajstić information content (AvgIpc) is 1.60. The van der Waals surface area contributed by atoms with E-state index < -0.39 is 296 Å². The van der Waals surface area contributed by atoms with E-state index in [2.05, 4.69) is 52.8 Å². The van der Waals surface area contributed by atoms with Crippen molar-refractivity contribution in [3.05, 3.63) is 173 Å². The lowest BCUT2D eigenvalue weighted by molar-refractivity contribution is -0.152. The number of likely N-dealkylation sites (N-methyl/N-ethyl adjacent to an activating group) is 3. The zero-order chi connectivity index (χ0) is 99.5. The van der Waals surface area contributed by atoms with E-state index in [1.54, 1.807) is 98.0 Å². The number of nitrogens with one attached hydrogen (secondary N) is 10. The second-order valence-electron chi connectivity index (χ2n) is 34.5. The van der Waals surface area contributed by atoms with E-state index >= 15 is 56.7 Å². The van der Waals surface area contributed by atoms with Crippen molar-refractivity contribution in [2.45, 2.75) is 214 Å². The predicted molar refractivity (Wildman–Crippen MR) is 487 cm³/mol. The van der Waals surface area contributed by atoms with Gasteiger partial charge >= 0.3 is 11.9 Å². The number of hydrogen-bond acceptors (Lipinski definition) is 22. The number of hydrogen-bond donors (Lipinski definition) is 17. The number of aromatic hydroxyl groups is 1. The molecule has 4 heterocycles. The summed E-state index contributed by atoms with van der Waals surface area (Å²) in [6.07, 6.45) is -6.90. The molecule has 15 atom stereocenters. The van der Waals surface area contributed by atoms with Gasteiger partial charge in [-0.05, 0) is 103 Å². The Morgan fingerprint density at radius 1 is 0.507 bits per heavy atom. The number of aromatic nitrogens is 1. The second-order valence-corrected chi connectivity index (χ2v) is 35.5. The Morgan fingerprint density at radius 2 is 1.02 bits per heavy atom. The summed E-state index contributed by atoms with van der Waals surface area (Å²) in [7, 11) is 3.54. The molecule has 6 aromatic rings. The molecular weight excluding hydrogens is 1800 g/mol. The van der Waals surface area contributed by atoms with Crippen LogP contribution in [0.2, 0.25) is 0 Å². The molecule has 15 amide bonds. The number of phenolic OH excluding ortho intramolecular Hbond substituents is 1. The second kappa shape index (κ2) is 50.1. The first-order valence-electron chi connectivity index (χ1n) is 44.7. The zero-order valence-corrected chi connectivity index (χ0v) is 76.8. The Morgan fingerprint density at radius 3 is 1.60 bits per heavy atom.